The lowest BCUT2D eigenvalue weighted by Crippen LogP contribution is -2.58. The predicted octanol–water partition coefficient (Wildman–Crippen LogP) is 0.263. The summed E-state index contributed by atoms with van der Waals surface area (Å²) in [7, 11) is 1.40. The number of nitrogens with zero attached hydrogens (tertiary/aromatic N) is 3. The Bertz CT molecular complexity index is 1280. The number of hydrogen-bond donors (Lipinski definition) is 3. The molecule has 0 aromatic carbocycles. The zero-order valence-electron chi connectivity index (χ0n) is 25.7. The van der Waals surface area contributed by atoms with Crippen LogP contribution >= 0.6 is 0 Å². The molecule has 2 aliphatic heterocycles. The number of pyridine rings is 1. The van der Waals surface area contributed by atoms with Crippen molar-refractivity contribution in [2.45, 2.75) is 63.9 Å². The molecule has 0 saturated carbocycles. The number of nitrogens with one attached hydrogen (secondary N) is 3. The number of Topliss-reactive ketones (excluding diaryl/α,β-unsaturated/α-hetero) is 1. The SMILES string of the molecule is COC[C@H](NC(=O)c1cc(CN2CCOCC2)on1)C(=O)N[C@@H](Cc1ccncc1)C(=O)N[C@@H](CC(C)C)C(=O)[C@@]1(C)CO1. The van der Waals surface area contributed by atoms with E-state index >= 15 is 0 Å². The van der Waals surface area contributed by atoms with Gasteiger partial charge in [0.2, 0.25) is 11.8 Å². The van der Waals surface area contributed by atoms with Gasteiger partial charge < -0.3 is 34.7 Å². The van der Waals surface area contributed by atoms with E-state index in [2.05, 4.69) is 31.0 Å². The molecule has 0 spiro atoms. The summed E-state index contributed by atoms with van der Waals surface area (Å²) in [6.45, 7) is 8.95. The van der Waals surface area contributed by atoms with E-state index in [4.69, 9.17) is 18.7 Å². The molecular formula is C30H42N6O8. The number of carbonyl (C=O) groups is 4. The third kappa shape index (κ3) is 9.39. The van der Waals surface area contributed by atoms with Crippen LogP contribution in [0.4, 0.5) is 0 Å². The summed E-state index contributed by atoms with van der Waals surface area (Å²) in [5, 5.41) is 12.1. The lowest BCUT2D eigenvalue weighted by molar-refractivity contribution is -0.133. The molecule has 0 unspecified atom stereocenters. The molecule has 0 aliphatic carbocycles. The average Bonchev–Trinajstić information content (AvgIpc) is 3.59. The topological polar surface area (TPSA) is 178 Å². The van der Waals surface area contributed by atoms with Crippen LogP contribution in [0.1, 0.15) is 49.0 Å². The number of methoxy groups -OCH3 is 1. The summed E-state index contributed by atoms with van der Waals surface area (Å²) >= 11 is 0. The highest BCUT2D eigenvalue weighted by Gasteiger charge is 2.50. The number of amides is 3. The lowest BCUT2D eigenvalue weighted by atomic mass is 9.93. The largest absolute Gasteiger partial charge is 0.382 e. The van der Waals surface area contributed by atoms with Gasteiger partial charge in [0.1, 0.15) is 17.7 Å². The van der Waals surface area contributed by atoms with Crippen LogP contribution in [0.3, 0.4) is 0 Å². The van der Waals surface area contributed by atoms with Gasteiger partial charge >= 0.3 is 0 Å². The van der Waals surface area contributed by atoms with Gasteiger partial charge in [-0.2, -0.15) is 0 Å². The van der Waals surface area contributed by atoms with E-state index in [1.54, 1.807) is 31.5 Å². The number of carbonyl (C=O) groups excluding carboxylic acids is 4. The van der Waals surface area contributed by atoms with Gasteiger partial charge in [-0.3, -0.25) is 29.1 Å². The van der Waals surface area contributed by atoms with Gasteiger partial charge in [0.05, 0.1) is 39.0 Å². The quantitative estimate of drug-likeness (QED) is 0.221. The molecule has 2 aliphatic rings. The number of epoxide rings is 1. The highest BCUT2D eigenvalue weighted by molar-refractivity contribution is 5.99. The Hall–Kier alpha value is -3.72. The Balaban J connectivity index is 1.45. The minimum Gasteiger partial charge on any atom is -0.382 e. The van der Waals surface area contributed by atoms with Crippen molar-refractivity contribution in [3.05, 3.63) is 47.6 Å². The molecule has 44 heavy (non-hydrogen) atoms. The van der Waals surface area contributed by atoms with Crippen LogP contribution in [0.2, 0.25) is 0 Å². The van der Waals surface area contributed by atoms with Crippen LogP contribution in [0.5, 0.6) is 0 Å². The van der Waals surface area contributed by atoms with E-state index in [0.29, 0.717) is 38.5 Å². The first-order chi connectivity index (χ1) is 21.1. The molecule has 4 rings (SSSR count). The smallest absolute Gasteiger partial charge is 0.274 e. The summed E-state index contributed by atoms with van der Waals surface area (Å²) in [5.74, 6) is -1.39. The van der Waals surface area contributed by atoms with Crippen molar-refractivity contribution in [2.75, 3.05) is 46.6 Å². The van der Waals surface area contributed by atoms with E-state index < -0.39 is 41.4 Å². The predicted molar refractivity (Wildman–Crippen MR) is 156 cm³/mol. The third-order valence-electron chi connectivity index (χ3n) is 7.49. The van der Waals surface area contributed by atoms with Crippen LogP contribution < -0.4 is 16.0 Å². The van der Waals surface area contributed by atoms with Crippen LogP contribution in [0, 0.1) is 5.92 Å². The summed E-state index contributed by atoms with van der Waals surface area (Å²) < 4.78 is 21.3. The molecule has 4 atom stereocenters. The zero-order valence-corrected chi connectivity index (χ0v) is 25.7. The standard InChI is InChI=1S/C30H42N6O8/c1-19(2)13-22(26(37)30(3)18-43-30)32-27(38)23(14-20-5-7-31-8-6-20)33-29(40)25(17-41-4)34-28(39)24-15-21(44-35-24)16-36-9-11-42-12-10-36/h5-8,15,19,22-23,25H,9-14,16-18H2,1-4H3,(H,32,38)(H,33,40)(H,34,39)/t22-,23-,25-,30+/m0/s1. The van der Waals surface area contributed by atoms with Crippen LogP contribution in [0.15, 0.2) is 35.1 Å². The fourth-order valence-corrected chi connectivity index (χ4v) is 4.89. The summed E-state index contributed by atoms with van der Waals surface area (Å²) in [6, 6.07) is 1.99. The number of morpholine rings is 1. The van der Waals surface area contributed by atoms with E-state index in [1.165, 1.54) is 13.2 Å². The Morgan fingerprint density at radius 1 is 1.02 bits per heavy atom. The second-order valence-electron chi connectivity index (χ2n) is 11.7. The second-order valence-corrected chi connectivity index (χ2v) is 11.7. The van der Waals surface area contributed by atoms with E-state index in [0.717, 1.165) is 18.7 Å². The van der Waals surface area contributed by atoms with Gasteiger partial charge in [0.15, 0.2) is 17.2 Å². The number of aromatic nitrogens is 2. The van der Waals surface area contributed by atoms with Crippen molar-refractivity contribution in [3.8, 4) is 0 Å². The maximum absolute atomic E-state index is 13.6. The number of ether oxygens (including phenoxy) is 3. The molecule has 240 valence electrons. The van der Waals surface area contributed by atoms with E-state index in [1.807, 2.05) is 13.8 Å². The molecular weight excluding hydrogens is 572 g/mol. The number of hydrogen-bond acceptors (Lipinski definition) is 11. The molecule has 3 amide bonds. The third-order valence-corrected chi connectivity index (χ3v) is 7.49. The molecule has 4 heterocycles. The molecule has 14 heteroatoms. The highest BCUT2D eigenvalue weighted by Crippen LogP contribution is 2.29. The summed E-state index contributed by atoms with van der Waals surface area (Å²) in [6.07, 6.45) is 3.70. The normalized spacial score (nSPS) is 20.4. The lowest BCUT2D eigenvalue weighted by Gasteiger charge is -2.26. The molecule has 2 saturated heterocycles. The number of rotatable bonds is 16. The molecule has 3 N–H and O–H groups in total. The zero-order chi connectivity index (χ0) is 31.7. The van der Waals surface area contributed by atoms with Crippen molar-refractivity contribution >= 4 is 23.5 Å². The van der Waals surface area contributed by atoms with Crippen molar-refractivity contribution in [2.24, 2.45) is 5.92 Å². The Morgan fingerprint density at radius 3 is 2.32 bits per heavy atom. The first-order valence-electron chi connectivity index (χ1n) is 14.8. The molecule has 0 radical (unpaired) electrons. The Morgan fingerprint density at radius 2 is 1.68 bits per heavy atom. The van der Waals surface area contributed by atoms with Crippen LogP contribution in [-0.4, -0.2) is 109 Å². The monoisotopic (exact) mass is 614 g/mol. The van der Waals surface area contributed by atoms with Crippen LogP contribution in [-0.2, 0) is 41.6 Å². The molecule has 2 aromatic heterocycles. The summed E-state index contributed by atoms with van der Waals surface area (Å²) in [4.78, 5) is 59.4. The van der Waals surface area contributed by atoms with E-state index in [9.17, 15) is 19.2 Å². The minimum absolute atomic E-state index is 0.0130. The fourth-order valence-electron chi connectivity index (χ4n) is 4.89. The Kier molecular flexibility index (Phi) is 11.6. The first kappa shape index (κ1) is 33.2. The van der Waals surface area contributed by atoms with Gasteiger partial charge in [-0.1, -0.05) is 19.0 Å². The molecule has 2 aromatic rings. The van der Waals surface area contributed by atoms with Crippen molar-refractivity contribution < 1.29 is 37.9 Å². The summed E-state index contributed by atoms with van der Waals surface area (Å²) in [5.41, 5.74) is -0.167. The maximum atomic E-state index is 13.6. The van der Waals surface area contributed by atoms with Gasteiger partial charge in [-0.25, -0.2) is 0 Å². The van der Waals surface area contributed by atoms with Crippen molar-refractivity contribution in [1.82, 2.24) is 31.0 Å². The molecule has 0 bridgehead atoms. The molecule has 14 nitrogen and oxygen atoms in total. The number of ketones is 1. The van der Waals surface area contributed by atoms with Gasteiger partial charge in [-0.05, 0) is 37.0 Å². The van der Waals surface area contributed by atoms with E-state index in [-0.39, 0.29) is 30.4 Å². The second kappa shape index (κ2) is 15.3. The average molecular weight is 615 g/mol. The van der Waals surface area contributed by atoms with Crippen molar-refractivity contribution in [3.63, 3.8) is 0 Å². The molecule has 2 fully saturated rings. The van der Waals surface area contributed by atoms with Gasteiger partial charge in [0.25, 0.3) is 5.91 Å². The Labute approximate surface area is 256 Å². The van der Waals surface area contributed by atoms with Crippen molar-refractivity contribution in [1.29, 1.82) is 0 Å². The maximum Gasteiger partial charge on any atom is 0.274 e. The fraction of sp³-hybridized carbons (Fsp3) is 0.600. The van der Waals surface area contributed by atoms with Crippen LogP contribution in [0.25, 0.3) is 0 Å². The van der Waals surface area contributed by atoms with Gasteiger partial charge in [0, 0.05) is 45.1 Å². The highest BCUT2D eigenvalue weighted by atomic mass is 16.6. The van der Waals surface area contributed by atoms with Gasteiger partial charge in [-0.15, -0.1) is 0 Å². The minimum atomic E-state index is -1.15. The first-order valence-corrected chi connectivity index (χ1v) is 14.8.